The van der Waals surface area contributed by atoms with Crippen molar-refractivity contribution in [3.63, 3.8) is 0 Å². The van der Waals surface area contributed by atoms with Crippen LogP contribution in [0, 0.1) is 13.8 Å². The van der Waals surface area contributed by atoms with E-state index in [1.165, 1.54) is 15.3 Å². The number of rotatable bonds is 2. The van der Waals surface area contributed by atoms with Gasteiger partial charge in [0.05, 0.1) is 4.83 Å². The van der Waals surface area contributed by atoms with Crippen molar-refractivity contribution in [2.24, 2.45) is 0 Å². The second kappa shape index (κ2) is 4.91. The van der Waals surface area contributed by atoms with Crippen molar-refractivity contribution in [1.82, 2.24) is 0 Å². The van der Waals surface area contributed by atoms with Gasteiger partial charge in [-0.3, -0.25) is 0 Å². The Hall–Kier alpha value is -0.310. The molecule has 0 spiro atoms. The number of aryl methyl sites for hydroxylation is 2. The molecule has 0 aliphatic heterocycles. The van der Waals surface area contributed by atoms with E-state index < -0.39 is 0 Å². The first kappa shape index (κ1) is 12.2. The van der Waals surface area contributed by atoms with Gasteiger partial charge in [0.1, 0.15) is 0 Å². The molecule has 0 bridgehead atoms. The van der Waals surface area contributed by atoms with Gasteiger partial charge in [-0.2, -0.15) is 0 Å². The molecule has 84 valence electrons. The van der Waals surface area contributed by atoms with E-state index in [1.54, 1.807) is 0 Å². The fourth-order valence-electron chi connectivity index (χ4n) is 1.58. The summed E-state index contributed by atoms with van der Waals surface area (Å²) in [5.74, 6) is 0. The molecule has 0 aliphatic carbocycles. The summed E-state index contributed by atoms with van der Waals surface area (Å²) in [5, 5.41) is 0.825. The summed E-state index contributed by atoms with van der Waals surface area (Å²) >= 11 is 11.6. The molecule has 1 unspecified atom stereocenters. The minimum Gasteiger partial charge on any atom is -0.144 e. The third kappa shape index (κ3) is 2.50. The molecule has 3 heteroatoms. The van der Waals surface area contributed by atoms with Crippen molar-refractivity contribution in [3.8, 4) is 0 Å². The average molecular weight is 316 g/mol. The molecule has 2 rings (SSSR count). The van der Waals surface area contributed by atoms with Crippen LogP contribution >= 0.6 is 38.9 Å². The second-order valence-corrected chi connectivity index (χ2v) is 6.46. The Morgan fingerprint density at radius 1 is 1.19 bits per heavy atom. The van der Waals surface area contributed by atoms with Crippen LogP contribution in [-0.4, -0.2) is 0 Å². The minimum absolute atomic E-state index is 0.266. The van der Waals surface area contributed by atoms with Crippen LogP contribution in [0.1, 0.15) is 25.7 Å². The molecule has 0 aliphatic rings. The van der Waals surface area contributed by atoms with Crippen LogP contribution in [0.5, 0.6) is 0 Å². The van der Waals surface area contributed by atoms with Gasteiger partial charge in [0.25, 0.3) is 0 Å². The van der Waals surface area contributed by atoms with E-state index in [4.69, 9.17) is 11.6 Å². The lowest BCUT2D eigenvalue weighted by molar-refractivity contribution is 1.21. The highest BCUT2D eigenvalue weighted by Crippen LogP contribution is 2.36. The van der Waals surface area contributed by atoms with Crippen LogP contribution in [-0.2, 0) is 0 Å². The Kier molecular flexibility index (Phi) is 3.73. The number of benzene rings is 1. The van der Waals surface area contributed by atoms with Crippen LogP contribution in [0.15, 0.2) is 30.3 Å². The van der Waals surface area contributed by atoms with Gasteiger partial charge in [-0.05, 0) is 43.2 Å². The minimum atomic E-state index is 0.266. The number of alkyl halides is 1. The molecule has 1 aromatic heterocycles. The molecule has 1 atom stereocenters. The molecule has 0 N–H and O–H groups in total. The first-order valence-electron chi connectivity index (χ1n) is 5.04. The Morgan fingerprint density at radius 3 is 2.50 bits per heavy atom. The van der Waals surface area contributed by atoms with Gasteiger partial charge < -0.3 is 0 Å². The van der Waals surface area contributed by atoms with Crippen molar-refractivity contribution < 1.29 is 0 Å². The number of halogens is 2. The topological polar surface area (TPSA) is 0 Å². The van der Waals surface area contributed by atoms with Crippen LogP contribution in [0.3, 0.4) is 0 Å². The molecule has 0 radical (unpaired) electrons. The highest BCUT2D eigenvalue weighted by Gasteiger charge is 2.12. The summed E-state index contributed by atoms with van der Waals surface area (Å²) in [5.41, 5.74) is 2.38. The largest absolute Gasteiger partial charge is 0.144 e. The predicted molar refractivity (Wildman–Crippen MR) is 76.0 cm³/mol. The third-order valence-electron chi connectivity index (χ3n) is 2.49. The SMILES string of the molecule is Cc1ccc(C(Br)c2ccc(Cl)c(C)c2)s1. The van der Waals surface area contributed by atoms with Gasteiger partial charge in [0.2, 0.25) is 0 Å². The summed E-state index contributed by atoms with van der Waals surface area (Å²) in [7, 11) is 0. The lowest BCUT2D eigenvalue weighted by atomic mass is 10.1. The molecule has 0 saturated carbocycles. The van der Waals surface area contributed by atoms with Crippen molar-refractivity contribution in [2.45, 2.75) is 18.7 Å². The fourth-order valence-corrected chi connectivity index (χ4v) is 3.30. The zero-order valence-corrected chi connectivity index (χ0v) is 12.3. The lowest BCUT2D eigenvalue weighted by Gasteiger charge is -2.09. The van der Waals surface area contributed by atoms with Gasteiger partial charge >= 0.3 is 0 Å². The Labute approximate surface area is 113 Å². The Morgan fingerprint density at radius 2 is 1.94 bits per heavy atom. The summed E-state index contributed by atoms with van der Waals surface area (Å²) in [6.45, 7) is 4.16. The van der Waals surface area contributed by atoms with Gasteiger partial charge in [-0.15, -0.1) is 11.3 Å². The fraction of sp³-hybridized carbons (Fsp3) is 0.231. The Bertz CT molecular complexity index is 504. The van der Waals surface area contributed by atoms with E-state index >= 15 is 0 Å². The third-order valence-corrected chi connectivity index (χ3v) is 5.30. The van der Waals surface area contributed by atoms with Gasteiger partial charge in [-0.1, -0.05) is 39.7 Å². The quantitative estimate of drug-likeness (QED) is 0.642. The van der Waals surface area contributed by atoms with Crippen LogP contribution < -0.4 is 0 Å². The zero-order chi connectivity index (χ0) is 11.7. The van der Waals surface area contributed by atoms with E-state index in [-0.39, 0.29) is 4.83 Å². The molecule has 0 fully saturated rings. The second-order valence-electron chi connectivity index (χ2n) is 3.82. The molecule has 1 aromatic carbocycles. The summed E-state index contributed by atoms with van der Waals surface area (Å²) in [4.78, 5) is 2.94. The van der Waals surface area contributed by atoms with Crippen LogP contribution in [0.4, 0.5) is 0 Å². The summed E-state index contributed by atoms with van der Waals surface area (Å²) in [6.07, 6.45) is 0. The standard InChI is InChI=1S/C13H12BrClS/c1-8-7-10(4-5-11(8)15)13(14)12-6-3-9(2)16-12/h3-7,13H,1-2H3. The summed E-state index contributed by atoms with van der Waals surface area (Å²) < 4.78 is 0. The highest BCUT2D eigenvalue weighted by atomic mass is 79.9. The monoisotopic (exact) mass is 314 g/mol. The van der Waals surface area contributed by atoms with Crippen molar-refractivity contribution in [2.75, 3.05) is 0 Å². The van der Waals surface area contributed by atoms with E-state index in [2.05, 4.69) is 47.1 Å². The molecular formula is C13H12BrClS. The first-order chi connectivity index (χ1) is 7.58. The van der Waals surface area contributed by atoms with Gasteiger partial charge in [0, 0.05) is 14.8 Å². The Balaban J connectivity index is 2.33. The summed E-state index contributed by atoms with van der Waals surface area (Å²) in [6, 6.07) is 10.5. The van der Waals surface area contributed by atoms with Gasteiger partial charge in [0.15, 0.2) is 0 Å². The van der Waals surface area contributed by atoms with E-state index in [9.17, 15) is 0 Å². The highest BCUT2D eigenvalue weighted by molar-refractivity contribution is 9.09. The number of hydrogen-bond donors (Lipinski definition) is 0. The molecular weight excluding hydrogens is 304 g/mol. The normalized spacial score (nSPS) is 12.8. The smallest absolute Gasteiger partial charge is 0.0738 e. The molecule has 16 heavy (non-hydrogen) atoms. The zero-order valence-electron chi connectivity index (χ0n) is 9.13. The molecule has 1 heterocycles. The van der Waals surface area contributed by atoms with Crippen molar-refractivity contribution >= 4 is 38.9 Å². The van der Waals surface area contributed by atoms with Crippen molar-refractivity contribution in [3.05, 3.63) is 56.2 Å². The van der Waals surface area contributed by atoms with E-state index in [0.717, 1.165) is 10.6 Å². The predicted octanol–water partition coefficient (Wildman–Crippen LogP) is 5.50. The van der Waals surface area contributed by atoms with Gasteiger partial charge in [-0.25, -0.2) is 0 Å². The maximum atomic E-state index is 6.02. The van der Waals surface area contributed by atoms with E-state index in [1.807, 2.05) is 24.3 Å². The number of hydrogen-bond acceptors (Lipinski definition) is 1. The average Bonchev–Trinajstić information content (AvgIpc) is 2.68. The van der Waals surface area contributed by atoms with Crippen LogP contribution in [0.25, 0.3) is 0 Å². The molecule has 0 amide bonds. The van der Waals surface area contributed by atoms with Crippen molar-refractivity contribution in [1.29, 1.82) is 0 Å². The number of thiophene rings is 1. The first-order valence-corrected chi connectivity index (χ1v) is 7.15. The van der Waals surface area contributed by atoms with E-state index in [0.29, 0.717) is 0 Å². The molecule has 2 aromatic rings. The maximum Gasteiger partial charge on any atom is 0.0738 e. The van der Waals surface area contributed by atoms with Crippen LogP contribution in [0.2, 0.25) is 5.02 Å². The molecule has 0 nitrogen and oxygen atoms in total. The maximum absolute atomic E-state index is 6.02. The molecule has 0 saturated heterocycles. The lowest BCUT2D eigenvalue weighted by Crippen LogP contribution is -1.90.